The Balaban J connectivity index is 1.63. The summed E-state index contributed by atoms with van der Waals surface area (Å²) >= 11 is 0. The molecule has 2 aromatic carbocycles. The molecule has 1 fully saturated rings. The molecule has 2 amide bonds. The molecule has 1 aliphatic rings. The fraction of sp³-hybridized carbons (Fsp3) is 0.346. The van der Waals surface area contributed by atoms with Crippen molar-refractivity contribution in [3.05, 3.63) is 78.4 Å². The quantitative estimate of drug-likeness (QED) is 0.599. The van der Waals surface area contributed by atoms with Crippen molar-refractivity contribution in [1.82, 2.24) is 19.4 Å². The highest BCUT2D eigenvalue weighted by molar-refractivity contribution is 5.93. The Morgan fingerprint density at radius 1 is 1.00 bits per heavy atom. The van der Waals surface area contributed by atoms with Crippen LogP contribution in [0.15, 0.2) is 67.1 Å². The topological polar surface area (TPSA) is 58.4 Å². The zero-order chi connectivity index (χ0) is 22.5. The Kier molecular flexibility index (Phi) is 6.69. The van der Waals surface area contributed by atoms with Gasteiger partial charge in [-0.25, -0.2) is 4.98 Å². The van der Waals surface area contributed by atoms with Gasteiger partial charge in [0.1, 0.15) is 5.69 Å². The van der Waals surface area contributed by atoms with Crippen molar-refractivity contribution < 1.29 is 9.59 Å². The number of hydrogen-bond acceptors (Lipinski definition) is 3. The molecule has 0 bridgehead atoms. The van der Waals surface area contributed by atoms with Crippen LogP contribution in [0, 0.1) is 5.92 Å². The lowest BCUT2D eigenvalue weighted by Gasteiger charge is -2.24. The first-order valence-corrected chi connectivity index (χ1v) is 11.3. The van der Waals surface area contributed by atoms with Gasteiger partial charge in [0.15, 0.2) is 0 Å². The van der Waals surface area contributed by atoms with Gasteiger partial charge < -0.3 is 14.4 Å². The number of benzene rings is 2. The maximum absolute atomic E-state index is 13.4. The molecule has 1 aromatic heterocycles. The number of imidazole rings is 1. The second kappa shape index (κ2) is 9.81. The molecule has 4 rings (SSSR count). The van der Waals surface area contributed by atoms with Gasteiger partial charge in [-0.3, -0.25) is 9.59 Å². The lowest BCUT2D eigenvalue weighted by atomic mass is 9.91. The predicted molar refractivity (Wildman–Crippen MR) is 125 cm³/mol. The summed E-state index contributed by atoms with van der Waals surface area (Å²) < 4.78 is 1.85. The molecule has 6 heteroatoms. The van der Waals surface area contributed by atoms with Crippen molar-refractivity contribution in [3.8, 4) is 11.1 Å². The predicted octanol–water partition coefficient (Wildman–Crippen LogP) is 3.73. The van der Waals surface area contributed by atoms with Crippen LogP contribution < -0.4 is 0 Å². The number of nitrogens with zero attached hydrogens (tertiary/aromatic N) is 4. The third kappa shape index (κ3) is 4.44. The van der Waals surface area contributed by atoms with E-state index in [1.165, 1.54) is 0 Å². The van der Waals surface area contributed by atoms with E-state index in [9.17, 15) is 9.59 Å². The first-order valence-electron chi connectivity index (χ1n) is 11.3. The smallest absolute Gasteiger partial charge is 0.272 e. The minimum Gasteiger partial charge on any atom is -0.341 e. The fourth-order valence-corrected chi connectivity index (χ4v) is 4.47. The number of carbonyl (C=O) groups excluding carboxylic acids is 2. The lowest BCUT2D eigenvalue weighted by Crippen LogP contribution is -2.38. The van der Waals surface area contributed by atoms with Gasteiger partial charge in [0.05, 0.1) is 18.4 Å². The molecule has 2 heterocycles. The molecule has 1 atom stereocenters. The van der Waals surface area contributed by atoms with E-state index < -0.39 is 0 Å². The van der Waals surface area contributed by atoms with Crippen molar-refractivity contribution in [1.29, 1.82) is 0 Å². The molecule has 3 aromatic rings. The number of aryl methyl sites for hydroxylation is 1. The number of carbonyl (C=O) groups is 2. The first kappa shape index (κ1) is 21.8. The number of likely N-dealkylation sites (N-methyl/N-ethyl adjacent to an activating group) is 1. The van der Waals surface area contributed by atoms with Gasteiger partial charge in [-0.2, -0.15) is 0 Å². The third-order valence-corrected chi connectivity index (χ3v) is 6.25. The molecule has 1 saturated heterocycles. The Bertz CT molecular complexity index is 1080. The third-order valence-electron chi connectivity index (χ3n) is 6.25. The van der Waals surface area contributed by atoms with E-state index in [2.05, 4.69) is 29.2 Å². The van der Waals surface area contributed by atoms with E-state index in [1.54, 1.807) is 12.5 Å². The Morgan fingerprint density at radius 3 is 2.50 bits per heavy atom. The van der Waals surface area contributed by atoms with Gasteiger partial charge in [-0.1, -0.05) is 54.6 Å². The maximum atomic E-state index is 13.4. The van der Waals surface area contributed by atoms with Crippen LogP contribution in [0.4, 0.5) is 0 Å². The highest BCUT2D eigenvalue weighted by Gasteiger charge is 2.33. The minimum atomic E-state index is -0.288. The summed E-state index contributed by atoms with van der Waals surface area (Å²) in [6.45, 7) is 6.81. The summed E-state index contributed by atoms with van der Waals surface area (Å²) in [7, 11) is 0. The Hall–Kier alpha value is -3.41. The largest absolute Gasteiger partial charge is 0.341 e. The maximum Gasteiger partial charge on any atom is 0.272 e. The highest BCUT2D eigenvalue weighted by Crippen LogP contribution is 2.27. The Morgan fingerprint density at radius 2 is 1.75 bits per heavy atom. The normalized spacial score (nSPS) is 16.8. The van der Waals surface area contributed by atoms with E-state index in [1.807, 2.05) is 58.5 Å². The summed E-state index contributed by atoms with van der Waals surface area (Å²) in [5.41, 5.74) is 3.97. The molecule has 6 nitrogen and oxygen atoms in total. The van der Waals surface area contributed by atoms with Crippen molar-refractivity contribution in [2.24, 2.45) is 5.92 Å². The number of amides is 2. The van der Waals surface area contributed by atoms with Gasteiger partial charge in [0.2, 0.25) is 5.91 Å². The van der Waals surface area contributed by atoms with Crippen LogP contribution in [0.3, 0.4) is 0 Å². The second-order valence-electron chi connectivity index (χ2n) is 8.16. The molecule has 0 radical (unpaired) electrons. The van der Waals surface area contributed by atoms with Gasteiger partial charge in [-0.05, 0) is 37.0 Å². The fourth-order valence-electron chi connectivity index (χ4n) is 4.47. The number of hydrogen-bond donors (Lipinski definition) is 0. The van der Waals surface area contributed by atoms with Gasteiger partial charge in [0.25, 0.3) is 5.91 Å². The van der Waals surface area contributed by atoms with Crippen LogP contribution in [0.5, 0.6) is 0 Å². The molecule has 0 spiro atoms. The van der Waals surface area contributed by atoms with Crippen LogP contribution in [0.1, 0.15) is 29.9 Å². The monoisotopic (exact) mass is 430 g/mol. The van der Waals surface area contributed by atoms with E-state index in [0.717, 1.165) is 16.7 Å². The standard InChI is InChI=1S/C26H30N4O2/c1-3-28-14-15-30(26(32)24-17-27-19-29(24)4-2)18-22(25(28)31)16-21-12-8-9-13-23(21)20-10-6-5-7-11-20/h5-13,17,19,22H,3-4,14-16,18H2,1-2H3. The lowest BCUT2D eigenvalue weighted by molar-refractivity contribution is -0.134. The van der Waals surface area contributed by atoms with Gasteiger partial charge >= 0.3 is 0 Å². The van der Waals surface area contributed by atoms with Crippen molar-refractivity contribution in [3.63, 3.8) is 0 Å². The average Bonchev–Trinajstić information content (AvgIpc) is 3.26. The highest BCUT2D eigenvalue weighted by atomic mass is 16.2. The molecular formula is C26H30N4O2. The van der Waals surface area contributed by atoms with Crippen LogP contribution in [0.25, 0.3) is 11.1 Å². The van der Waals surface area contributed by atoms with Gasteiger partial charge in [0, 0.05) is 32.7 Å². The van der Waals surface area contributed by atoms with Crippen LogP contribution in [-0.4, -0.2) is 57.3 Å². The van der Waals surface area contributed by atoms with Crippen molar-refractivity contribution in [2.75, 3.05) is 26.2 Å². The van der Waals surface area contributed by atoms with Crippen LogP contribution in [0.2, 0.25) is 0 Å². The molecule has 0 saturated carbocycles. The van der Waals surface area contributed by atoms with E-state index in [4.69, 9.17) is 0 Å². The van der Waals surface area contributed by atoms with E-state index >= 15 is 0 Å². The Labute approximate surface area is 189 Å². The minimum absolute atomic E-state index is 0.0588. The molecule has 1 unspecified atom stereocenters. The zero-order valence-electron chi connectivity index (χ0n) is 18.8. The van der Waals surface area contributed by atoms with Crippen LogP contribution in [-0.2, 0) is 17.8 Å². The first-order chi connectivity index (χ1) is 15.6. The summed E-state index contributed by atoms with van der Waals surface area (Å²) in [6.07, 6.45) is 3.90. The van der Waals surface area contributed by atoms with Crippen molar-refractivity contribution in [2.45, 2.75) is 26.8 Å². The zero-order valence-corrected chi connectivity index (χ0v) is 18.8. The van der Waals surface area contributed by atoms with Crippen LogP contribution >= 0.6 is 0 Å². The second-order valence-corrected chi connectivity index (χ2v) is 8.16. The number of rotatable bonds is 6. The van der Waals surface area contributed by atoms with Crippen molar-refractivity contribution >= 4 is 11.8 Å². The average molecular weight is 431 g/mol. The summed E-state index contributed by atoms with van der Waals surface area (Å²) in [5.74, 6) is -0.227. The van der Waals surface area contributed by atoms with Gasteiger partial charge in [-0.15, -0.1) is 0 Å². The molecule has 0 aliphatic carbocycles. The molecular weight excluding hydrogens is 400 g/mol. The van der Waals surface area contributed by atoms with E-state index in [0.29, 0.717) is 44.8 Å². The summed E-state index contributed by atoms with van der Waals surface area (Å²) in [4.78, 5) is 34.5. The molecule has 1 aliphatic heterocycles. The summed E-state index contributed by atoms with van der Waals surface area (Å²) in [5, 5.41) is 0. The van der Waals surface area contributed by atoms with E-state index in [-0.39, 0.29) is 17.7 Å². The molecule has 0 N–H and O–H groups in total. The molecule has 32 heavy (non-hydrogen) atoms. The number of aromatic nitrogens is 2. The SMILES string of the molecule is CCN1CCN(C(=O)c2cncn2CC)CC(Cc2ccccc2-c2ccccc2)C1=O. The summed E-state index contributed by atoms with van der Waals surface area (Å²) in [6, 6.07) is 18.5. The molecule has 166 valence electrons.